The molecule has 0 aliphatic carbocycles. The van der Waals surface area contributed by atoms with Crippen molar-refractivity contribution < 1.29 is 5.11 Å². The minimum absolute atomic E-state index is 0.433. The van der Waals surface area contributed by atoms with Gasteiger partial charge in [0, 0.05) is 20.7 Å². The zero-order chi connectivity index (χ0) is 11.4. The lowest BCUT2D eigenvalue weighted by molar-refractivity contribution is 0.195. The fourth-order valence-electron chi connectivity index (χ4n) is 1.39. The SMILES string of the molecule is OC(CNc1cccc(I)c1)c1cccs1. The molecule has 0 saturated heterocycles. The monoisotopic (exact) mass is 345 g/mol. The topological polar surface area (TPSA) is 32.3 Å². The molecule has 0 amide bonds. The zero-order valence-corrected chi connectivity index (χ0v) is 11.5. The molecule has 84 valence electrons. The molecule has 0 bridgehead atoms. The van der Waals surface area contributed by atoms with Gasteiger partial charge in [-0.05, 0) is 52.2 Å². The number of nitrogens with one attached hydrogen (secondary N) is 1. The largest absolute Gasteiger partial charge is 0.386 e. The molecule has 1 aromatic heterocycles. The van der Waals surface area contributed by atoms with Gasteiger partial charge in [-0.1, -0.05) is 12.1 Å². The van der Waals surface area contributed by atoms with Gasteiger partial charge in [-0.25, -0.2) is 0 Å². The van der Waals surface area contributed by atoms with Crippen molar-refractivity contribution in [2.24, 2.45) is 0 Å². The average Bonchev–Trinajstić information content (AvgIpc) is 2.79. The molecule has 1 heterocycles. The predicted octanol–water partition coefficient (Wildman–Crippen LogP) is 3.50. The second-order valence-electron chi connectivity index (χ2n) is 3.42. The van der Waals surface area contributed by atoms with E-state index in [0.29, 0.717) is 6.54 Å². The Kier molecular flexibility index (Phi) is 4.20. The van der Waals surface area contributed by atoms with Crippen molar-refractivity contribution in [1.29, 1.82) is 0 Å². The first-order chi connectivity index (χ1) is 7.75. The molecule has 2 rings (SSSR count). The maximum atomic E-state index is 9.89. The van der Waals surface area contributed by atoms with Crippen LogP contribution in [0.25, 0.3) is 0 Å². The second-order valence-corrected chi connectivity index (χ2v) is 5.65. The molecule has 0 saturated carbocycles. The van der Waals surface area contributed by atoms with Crippen LogP contribution in [-0.2, 0) is 0 Å². The summed E-state index contributed by atoms with van der Waals surface area (Å²) >= 11 is 3.85. The van der Waals surface area contributed by atoms with Gasteiger partial charge in [-0.15, -0.1) is 11.3 Å². The van der Waals surface area contributed by atoms with E-state index in [1.54, 1.807) is 11.3 Å². The molecule has 0 spiro atoms. The number of rotatable bonds is 4. The summed E-state index contributed by atoms with van der Waals surface area (Å²) in [5.74, 6) is 0. The van der Waals surface area contributed by atoms with Crippen molar-refractivity contribution in [2.75, 3.05) is 11.9 Å². The molecule has 0 aliphatic rings. The first-order valence-corrected chi connectivity index (χ1v) is 6.92. The van der Waals surface area contributed by atoms with Gasteiger partial charge in [-0.2, -0.15) is 0 Å². The summed E-state index contributed by atoms with van der Waals surface area (Å²) < 4.78 is 1.19. The van der Waals surface area contributed by atoms with Gasteiger partial charge in [0.1, 0.15) is 6.10 Å². The lowest BCUT2D eigenvalue weighted by atomic mass is 10.2. The molecule has 1 unspecified atom stereocenters. The van der Waals surface area contributed by atoms with Gasteiger partial charge in [0.05, 0.1) is 0 Å². The highest BCUT2D eigenvalue weighted by molar-refractivity contribution is 14.1. The van der Waals surface area contributed by atoms with Crippen LogP contribution in [0.2, 0.25) is 0 Å². The van der Waals surface area contributed by atoms with E-state index >= 15 is 0 Å². The normalized spacial score (nSPS) is 12.4. The molecule has 4 heteroatoms. The van der Waals surface area contributed by atoms with E-state index in [4.69, 9.17) is 0 Å². The van der Waals surface area contributed by atoms with E-state index in [0.717, 1.165) is 10.6 Å². The van der Waals surface area contributed by atoms with E-state index in [1.165, 1.54) is 3.57 Å². The molecule has 1 atom stereocenters. The average molecular weight is 345 g/mol. The fraction of sp³-hybridized carbons (Fsp3) is 0.167. The first kappa shape index (κ1) is 11.9. The molecule has 0 fully saturated rings. The summed E-state index contributed by atoms with van der Waals surface area (Å²) in [6, 6.07) is 12.0. The summed E-state index contributed by atoms with van der Waals surface area (Å²) in [5.41, 5.74) is 1.04. The number of aliphatic hydroxyl groups is 1. The third-order valence-corrected chi connectivity index (χ3v) is 3.84. The fourth-order valence-corrected chi connectivity index (χ4v) is 2.65. The Morgan fingerprint density at radius 1 is 1.31 bits per heavy atom. The number of hydrogen-bond donors (Lipinski definition) is 2. The highest BCUT2D eigenvalue weighted by Crippen LogP contribution is 2.20. The van der Waals surface area contributed by atoms with Crippen molar-refractivity contribution in [3.8, 4) is 0 Å². The quantitative estimate of drug-likeness (QED) is 0.832. The number of aliphatic hydroxyl groups excluding tert-OH is 1. The molecule has 1 aromatic carbocycles. The summed E-state index contributed by atoms with van der Waals surface area (Å²) in [7, 11) is 0. The van der Waals surface area contributed by atoms with Crippen LogP contribution in [0.4, 0.5) is 5.69 Å². The van der Waals surface area contributed by atoms with Gasteiger partial charge in [0.2, 0.25) is 0 Å². The maximum absolute atomic E-state index is 9.89. The van der Waals surface area contributed by atoms with Crippen LogP contribution < -0.4 is 5.32 Å². The number of anilines is 1. The van der Waals surface area contributed by atoms with Gasteiger partial charge in [0.15, 0.2) is 0 Å². The Morgan fingerprint density at radius 3 is 2.88 bits per heavy atom. The third kappa shape index (κ3) is 3.20. The highest BCUT2D eigenvalue weighted by Gasteiger charge is 2.07. The van der Waals surface area contributed by atoms with Gasteiger partial charge < -0.3 is 10.4 Å². The third-order valence-electron chi connectivity index (χ3n) is 2.20. The first-order valence-electron chi connectivity index (χ1n) is 4.96. The van der Waals surface area contributed by atoms with Crippen molar-refractivity contribution >= 4 is 39.6 Å². The van der Waals surface area contributed by atoms with Gasteiger partial charge in [0.25, 0.3) is 0 Å². The van der Waals surface area contributed by atoms with Crippen LogP contribution >= 0.6 is 33.9 Å². The number of hydrogen-bond acceptors (Lipinski definition) is 3. The standard InChI is InChI=1S/C12H12INOS/c13-9-3-1-4-10(7-9)14-8-11(15)12-5-2-6-16-12/h1-7,11,14-15H,8H2. The van der Waals surface area contributed by atoms with E-state index in [2.05, 4.69) is 34.0 Å². The van der Waals surface area contributed by atoms with Crippen molar-refractivity contribution in [2.45, 2.75) is 6.10 Å². The summed E-state index contributed by atoms with van der Waals surface area (Å²) in [5, 5.41) is 15.1. The molecule has 0 aliphatic heterocycles. The smallest absolute Gasteiger partial charge is 0.105 e. The Bertz CT molecular complexity index is 444. The molecular formula is C12H12INOS. The van der Waals surface area contributed by atoms with Crippen molar-refractivity contribution in [3.05, 3.63) is 50.2 Å². The van der Waals surface area contributed by atoms with E-state index in [1.807, 2.05) is 35.7 Å². The Labute approximate surface area is 112 Å². The predicted molar refractivity (Wildman–Crippen MR) is 76.9 cm³/mol. The van der Waals surface area contributed by atoms with Crippen molar-refractivity contribution in [3.63, 3.8) is 0 Å². The number of benzene rings is 1. The van der Waals surface area contributed by atoms with Crippen LogP contribution in [0, 0.1) is 3.57 Å². The van der Waals surface area contributed by atoms with Crippen LogP contribution in [-0.4, -0.2) is 11.7 Å². The summed E-state index contributed by atoms with van der Waals surface area (Å²) in [6.45, 7) is 0.542. The molecule has 2 N–H and O–H groups in total. The van der Waals surface area contributed by atoms with Crippen LogP contribution in [0.1, 0.15) is 11.0 Å². The molecule has 2 nitrogen and oxygen atoms in total. The molecule has 2 aromatic rings. The Hall–Kier alpha value is -0.590. The van der Waals surface area contributed by atoms with Crippen LogP contribution in [0.15, 0.2) is 41.8 Å². The van der Waals surface area contributed by atoms with E-state index in [-0.39, 0.29) is 0 Å². The van der Waals surface area contributed by atoms with E-state index < -0.39 is 6.10 Å². The van der Waals surface area contributed by atoms with Crippen LogP contribution in [0.5, 0.6) is 0 Å². The molecule has 16 heavy (non-hydrogen) atoms. The Morgan fingerprint density at radius 2 is 2.19 bits per heavy atom. The molecule has 0 radical (unpaired) electrons. The van der Waals surface area contributed by atoms with Gasteiger partial charge in [-0.3, -0.25) is 0 Å². The zero-order valence-electron chi connectivity index (χ0n) is 8.56. The van der Waals surface area contributed by atoms with Crippen molar-refractivity contribution in [1.82, 2.24) is 0 Å². The maximum Gasteiger partial charge on any atom is 0.105 e. The number of halogens is 1. The Balaban J connectivity index is 1.92. The van der Waals surface area contributed by atoms with Gasteiger partial charge >= 0.3 is 0 Å². The highest BCUT2D eigenvalue weighted by atomic mass is 127. The lowest BCUT2D eigenvalue weighted by Crippen LogP contribution is -2.10. The van der Waals surface area contributed by atoms with Crippen LogP contribution in [0.3, 0.4) is 0 Å². The lowest BCUT2D eigenvalue weighted by Gasteiger charge is -2.11. The minimum atomic E-state index is -0.433. The number of thiophene rings is 1. The summed E-state index contributed by atoms with van der Waals surface area (Å²) in [4.78, 5) is 0.998. The second kappa shape index (κ2) is 5.65. The minimum Gasteiger partial charge on any atom is -0.386 e. The van der Waals surface area contributed by atoms with E-state index in [9.17, 15) is 5.11 Å². The summed E-state index contributed by atoms with van der Waals surface area (Å²) in [6.07, 6.45) is -0.433. The molecular weight excluding hydrogens is 333 g/mol.